The van der Waals surface area contributed by atoms with Crippen molar-refractivity contribution in [3.63, 3.8) is 0 Å². The Labute approximate surface area is 99.9 Å². The first-order chi connectivity index (χ1) is 8.42. The quantitative estimate of drug-likeness (QED) is 0.646. The summed E-state index contributed by atoms with van der Waals surface area (Å²) in [7, 11) is 0. The van der Waals surface area contributed by atoms with E-state index in [0.717, 1.165) is 11.2 Å². The van der Waals surface area contributed by atoms with Crippen LogP contribution in [0.3, 0.4) is 0 Å². The molecule has 0 saturated carbocycles. The van der Waals surface area contributed by atoms with Gasteiger partial charge in [-0.15, -0.1) is 0 Å². The molecule has 0 aliphatic heterocycles. The molecule has 0 spiro atoms. The first-order valence-electron chi connectivity index (χ1n) is 5.58. The number of imidazole rings is 1. The molecule has 0 N–H and O–H groups in total. The molecule has 3 aromatic rings. The molecule has 0 fully saturated rings. The number of benzene rings is 1. The van der Waals surface area contributed by atoms with Crippen molar-refractivity contribution in [2.24, 2.45) is 0 Å². The Morgan fingerprint density at radius 3 is 2.59 bits per heavy atom. The molecule has 2 heterocycles. The number of hydrogen-bond acceptors (Lipinski definition) is 1. The second-order valence-corrected chi connectivity index (χ2v) is 3.90. The largest absolute Gasteiger partial charge is 0.307 e. The zero-order valence-corrected chi connectivity index (χ0v) is 9.32. The van der Waals surface area contributed by atoms with E-state index in [1.54, 1.807) is 6.20 Å². The van der Waals surface area contributed by atoms with Crippen molar-refractivity contribution in [1.29, 1.82) is 0 Å². The summed E-state index contributed by atoms with van der Waals surface area (Å²) in [5.41, 5.74) is 3.34. The van der Waals surface area contributed by atoms with E-state index in [0.29, 0.717) is 0 Å². The average molecular weight is 220 g/mol. The molecule has 0 atom stereocenters. The summed E-state index contributed by atoms with van der Waals surface area (Å²) < 4.78 is 2.00. The van der Waals surface area contributed by atoms with E-state index in [1.807, 2.05) is 35.0 Å². The van der Waals surface area contributed by atoms with Gasteiger partial charge in [-0.3, -0.25) is 0 Å². The van der Waals surface area contributed by atoms with Crippen LogP contribution in [0.4, 0.5) is 0 Å². The summed E-state index contributed by atoms with van der Waals surface area (Å²) in [6, 6.07) is 14.4. The maximum atomic E-state index is 4.26. The van der Waals surface area contributed by atoms with Crippen molar-refractivity contribution in [3.05, 3.63) is 72.2 Å². The number of aromatic nitrogens is 2. The third-order valence-electron chi connectivity index (χ3n) is 2.69. The summed E-state index contributed by atoms with van der Waals surface area (Å²) in [5.74, 6) is 0. The molecule has 2 aromatic heterocycles. The Hall–Kier alpha value is -2.35. The lowest BCUT2D eigenvalue weighted by molar-refractivity contribution is 1.18. The number of rotatable bonds is 2. The Balaban J connectivity index is 1.92. The first kappa shape index (κ1) is 9.85. The molecule has 1 aromatic carbocycles. The maximum absolute atomic E-state index is 4.26. The van der Waals surface area contributed by atoms with Gasteiger partial charge in [-0.05, 0) is 23.3 Å². The molecule has 2 nitrogen and oxygen atoms in total. The predicted octanol–water partition coefficient (Wildman–Crippen LogP) is 3.50. The van der Waals surface area contributed by atoms with E-state index < -0.39 is 0 Å². The average Bonchev–Trinajstić information content (AvgIpc) is 2.85. The lowest BCUT2D eigenvalue weighted by Crippen LogP contribution is -1.82. The van der Waals surface area contributed by atoms with E-state index in [1.165, 1.54) is 5.56 Å². The van der Waals surface area contributed by atoms with Crippen LogP contribution >= 0.6 is 0 Å². The van der Waals surface area contributed by atoms with Crippen LogP contribution in [0.25, 0.3) is 17.8 Å². The van der Waals surface area contributed by atoms with Crippen molar-refractivity contribution in [2.75, 3.05) is 0 Å². The van der Waals surface area contributed by atoms with Crippen molar-refractivity contribution < 1.29 is 0 Å². The van der Waals surface area contributed by atoms with Crippen LogP contribution in [-0.4, -0.2) is 9.38 Å². The zero-order chi connectivity index (χ0) is 11.5. The van der Waals surface area contributed by atoms with Crippen molar-refractivity contribution in [1.82, 2.24) is 9.38 Å². The predicted molar refractivity (Wildman–Crippen MR) is 70.6 cm³/mol. The lowest BCUT2D eigenvalue weighted by atomic mass is 10.1. The summed E-state index contributed by atoms with van der Waals surface area (Å²) in [5, 5.41) is 0. The van der Waals surface area contributed by atoms with E-state index in [4.69, 9.17) is 0 Å². The van der Waals surface area contributed by atoms with Gasteiger partial charge in [-0.25, -0.2) is 4.98 Å². The molecular weight excluding hydrogens is 208 g/mol. The fourth-order valence-corrected chi connectivity index (χ4v) is 1.79. The molecule has 0 aliphatic carbocycles. The van der Waals surface area contributed by atoms with Gasteiger partial charge in [0.1, 0.15) is 5.65 Å². The molecular formula is C15H12N2. The SMILES string of the molecule is C(=C\c1ccn2ccnc2c1)/c1ccccc1. The van der Waals surface area contributed by atoms with Gasteiger partial charge in [0.25, 0.3) is 0 Å². The smallest absolute Gasteiger partial charge is 0.137 e. The van der Waals surface area contributed by atoms with Crippen LogP contribution in [0.1, 0.15) is 11.1 Å². The highest BCUT2D eigenvalue weighted by molar-refractivity contribution is 5.70. The molecule has 0 aliphatic rings. The minimum Gasteiger partial charge on any atom is -0.307 e. The topological polar surface area (TPSA) is 17.3 Å². The fraction of sp³-hybridized carbons (Fsp3) is 0. The Bertz CT molecular complexity index is 651. The number of fused-ring (bicyclic) bond motifs is 1. The van der Waals surface area contributed by atoms with Crippen LogP contribution in [0, 0.1) is 0 Å². The standard InChI is InChI=1S/C15H12N2/c1-2-4-13(5-3-1)6-7-14-8-10-17-11-9-16-15(17)12-14/h1-12H/b7-6+. The highest BCUT2D eigenvalue weighted by atomic mass is 15.0. The Morgan fingerprint density at radius 1 is 0.882 bits per heavy atom. The fourth-order valence-electron chi connectivity index (χ4n) is 1.79. The van der Waals surface area contributed by atoms with Gasteiger partial charge in [-0.1, -0.05) is 42.5 Å². The van der Waals surface area contributed by atoms with Gasteiger partial charge in [0.2, 0.25) is 0 Å². The second kappa shape index (κ2) is 4.26. The van der Waals surface area contributed by atoms with E-state index >= 15 is 0 Å². The van der Waals surface area contributed by atoms with E-state index in [2.05, 4.69) is 41.4 Å². The van der Waals surface area contributed by atoms with Crippen LogP contribution in [0.5, 0.6) is 0 Å². The number of hydrogen-bond donors (Lipinski definition) is 0. The van der Waals surface area contributed by atoms with Crippen LogP contribution in [0.15, 0.2) is 61.1 Å². The van der Waals surface area contributed by atoms with Gasteiger partial charge < -0.3 is 4.40 Å². The van der Waals surface area contributed by atoms with Gasteiger partial charge in [0, 0.05) is 18.6 Å². The third-order valence-corrected chi connectivity index (χ3v) is 2.69. The molecule has 0 amide bonds. The molecule has 2 heteroatoms. The number of pyridine rings is 1. The normalized spacial score (nSPS) is 11.3. The minimum absolute atomic E-state index is 0.972. The molecule has 17 heavy (non-hydrogen) atoms. The summed E-state index contributed by atoms with van der Waals surface area (Å²) in [6.07, 6.45) is 9.98. The summed E-state index contributed by atoms with van der Waals surface area (Å²) in [4.78, 5) is 4.26. The maximum Gasteiger partial charge on any atom is 0.137 e. The molecule has 0 saturated heterocycles. The van der Waals surface area contributed by atoms with Gasteiger partial charge in [0.05, 0.1) is 0 Å². The van der Waals surface area contributed by atoms with E-state index in [-0.39, 0.29) is 0 Å². The number of nitrogens with zero attached hydrogens (tertiary/aromatic N) is 2. The van der Waals surface area contributed by atoms with Crippen LogP contribution in [-0.2, 0) is 0 Å². The highest BCUT2D eigenvalue weighted by Crippen LogP contribution is 2.10. The Morgan fingerprint density at radius 2 is 1.71 bits per heavy atom. The molecule has 0 radical (unpaired) electrons. The second-order valence-electron chi connectivity index (χ2n) is 3.90. The minimum atomic E-state index is 0.972. The summed E-state index contributed by atoms with van der Waals surface area (Å²) >= 11 is 0. The molecule has 3 rings (SSSR count). The Kier molecular flexibility index (Phi) is 2.47. The lowest BCUT2D eigenvalue weighted by Gasteiger charge is -1.96. The van der Waals surface area contributed by atoms with Crippen molar-refractivity contribution >= 4 is 17.8 Å². The van der Waals surface area contributed by atoms with E-state index in [9.17, 15) is 0 Å². The van der Waals surface area contributed by atoms with Crippen LogP contribution in [0.2, 0.25) is 0 Å². The third kappa shape index (κ3) is 2.11. The monoisotopic (exact) mass is 220 g/mol. The van der Waals surface area contributed by atoms with Crippen molar-refractivity contribution in [3.8, 4) is 0 Å². The molecule has 0 bridgehead atoms. The van der Waals surface area contributed by atoms with Crippen LogP contribution < -0.4 is 0 Å². The molecule has 0 unspecified atom stereocenters. The van der Waals surface area contributed by atoms with Gasteiger partial charge in [-0.2, -0.15) is 0 Å². The molecule has 82 valence electrons. The van der Waals surface area contributed by atoms with Gasteiger partial charge in [0.15, 0.2) is 0 Å². The first-order valence-corrected chi connectivity index (χ1v) is 5.58. The van der Waals surface area contributed by atoms with Crippen molar-refractivity contribution in [2.45, 2.75) is 0 Å². The zero-order valence-electron chi connectivity index (χ0n) is 9.32. The van der Waals surface area contributed by atoms with Gasteiger partial charge >= 0.3 is 0 Å². The highest BCUT2D eigenvalue weighted by Gasteiger charge is 1.93. The summed E-state index contributed by atoms with van der Waals surface area (Å²) in [6.45, 7) is 0.